The number of aliphatic carboxylic acids is 1. The van der Waals surface area contributed by atoms with Crippen molar-refractivity contribution in [2.75, 3.05) is 12.4 Å². The number of carboxylic acids is 1. The lowest BCUT2D eigenvalue weighted by molar-refractivity contribution is -0.137. The molecule has 0 saturated heterocycles. The molecule has 0 radical (unpaired) electrons. The second-order valence-corrected chi connectivity index (χ2v) is 4.40. The molecule has 0 fully saturated rings. The number of halogens is 2. The first kappa shape index (κ1) is 17.1. The minimum absolute atomic E-state index is 0.194. The zero-order chi connectivity index (χ0) is 14.0. The Kier molecular flexibility index (Phi) is 9.52. The average Bonchev–Trinajstić information content (AvgIpc) is 2.32. The third-order valence-corrected chi connectivity index (χ3v) is 2.45. The molecule has 0 aliphatic heterocycles. The number of alkyl halides is 2. The fraction of sp³-hybridized carbons (Fsp3) is 0.462. The average molecular weight is 293 g/mol. The van der Waals surface area contributed by atoms with Gasteiger partial charge in [0.25, 0.3) is 0 Å². The number of ether oxygens (including phenoxy) is 1. The van der Waals surface area contributed by atoms with Crippen LogP contribution in [0.2, 0.25) is 0 Å². The highest BCUT2D eigenvalue weighted by Crippen LogP contribution is 2.22. The maximum atomic E-state index is 10.4. The van der Waals surface area contributed by atoms with E-state index in [1.165, 1.54) is 0 Å². The molecular weight excluding hydrogens is 275 g/mol. The number of carbonyl (C=O) groups is 1. The van der Waals surface area contributed by atoms with E-state index in [0.29, 0.717) is 6.42 Å². The molecule has 5 heteroatoms. The zero-order valence-corrected chi connectivity index (χ0v) is 12.1. The standard InChI is InChI=1S/C12H16O3.CH2Cl2/c1-9-10(6-4-8-12(13)14)5-3-7-11(9)15-2;2-1-3/h3,5,7H,4,6,8H2,1-2H3,(H,13,14);1H2. The van der Waals surface area contributed by atoms with Crippen LogP contribution in [-0.4, -0.2) is 23.5 Å². The van der Waals surface area contributed by atoms with Crippen molar-refractivity contribution in [2.45, 2.75) is 26.2 Å². The Hall–Kier alpha value is -0.930. The molecule has 0 spiro atoms. The molecular formula is C13H18Cl2O3. The smallest absolute Gasteiger partial charge is 0.303 e. The van der Waals surface area contributed by atoms with Gasteiger partial charge in [-0.15, -0.1) is 23.2 Å². The lowest BCUT2D eigenvalue weighted by Crippen LogP contribution is -1.98. The third-order valence-electron chi connectivity index (χ3n) is 2.45. The SMILES string of the molecule is COc1cccc(CCCC(=O)O)c1C.ClCCl. The molecule has 1 aromatic rings. The summed E-state index contributed by atoms with van der Waals surface area (Å²) in [7, 11) is 1.64. The van der Waals surface area contributed by atoms with Crippen LogP contribution in [0.4, 0.5) is 0 Å². The molecule has 0 saturated carbocycles. The summed E-state index contributed by atoms with van der Waals surface area (Å²) in [6, 6.07) is 5.86. The van der Waals surface area contributed by atoms with Gasteiger partial charge in [0.15, 0.2) is 0 Å². The summed E-state index contributed by atoms with van der Waals surface area (Å²) in [6.07, 6.45) is 1.68. The molecule has 18 heavy (non-hydrogen) atoms. The lowest BCUT2D eigenvalue weighted by atomic mass is 10.0. The van der Waals surface area contributed by atoms with E-state index in [-0.39, 0.29) is 11.8 Å². The quantitative estimate of drug-likeness (QED) is 0.839. The topological polar surface area (TPSA) is 46.5 Å². The molecule has 0 amide bonds. The van der Waals surface area contributed by atoms with Crippen LogP contribution in [0, 0.1) is 6.92 Å². The highest BCUT2D eigenvalue weighted by molar-refractivity contribution is 6.40. The van der Waals surface area contributed by atoms with Crippen molar-refractivity contribution in [2.24, 2.45) is 0 Å². The number of hydrogen-bond acceptors (Lipinski definition) is 2. The van der Waals surface area contributed by atoms with Crippen LogP contribution in [0.15, 0.2) is 18.2 Å². The van der Waals surface area contributed by atoms with Crippen molar-refractivity contribution < 1.29 is 14.6 Å². The van der Waals surface area contributed by atoms with Gasteiger partial charge in [-0.1, -0.05) is 12.1 Å². The van der Waals surface area contributed by atoms with Gasteiger partial charge in [-0.2, -0.15) is 0 Å². The Balaban J connectivity index is 0.000000873. The van der Waals surface area contributed by atoms with Crippen LogP contribution in [0.1, 0.15) is 24.0 Å². The highest BCUT2D eigenvalue weighted by Gasteiger charge is 2.04. The Morgan fingerprint density at radius 3 is 2.50 bits per heavy atom. The van der Waals surface area contributed by atoms with Gasteiger partial charge in [0.2, 0.25) is 0 Å². The van der Waals surface area contributed by atoms with Crippen molar-refractivity contribution in [1.82, 2.24) is 0 Å². The van der Waals surface area contributed by atoms with Crippen LogP contribution in [0.25, 0.3) is 0 Å². The molecule has 1 rings (SSSR count). The monoisotopic (exact) mass is 292 g/mol. The van der Waals surface area contributed by atoms with E-state index in [9.17, 15) is 4.79 Å². The maximum absolute atomic E-state index is 10.4. The van der Waals surface area contributed by atoms with Crippen LogP contribution >= 0.6 is 23.2 Å². The number of carboxylic acid groups (broad SMARTS) is 1. The van der Waals surface area contributed by atoms with Gasteiger partial charge < -0.3 is 9.84 Å². The van der Waals surface area contributed by atoms with E-state index in [0.717, 1.165) is 23.3 Å². The Bertz CT molecular complexity index is 367. The summed E-state index contributed by atoms with van der Waals surface area (Å²) in [5.41, 5.74) is 2.26. The molecule has 102 valence electrons. The van der Waals surface area contributed by atoms with Crippen LogP contribution in [0.3, 0.4) is 0 Å². The first-order valence-electron chi connectivity index (χ1n) is 5.53. The van der Waals surface area contributed by atoms with Gasteiger partial charge >= 0.3 is 5.97 Å². The van der Waals surface area contributed by atoms with Gasteiger partial charge in [0.05, 0.1) is 12.4 Å². The first-order valence-corrected chi connectivity index (χ1v) is 6.59. The zero-order valence-electron chi connectivity index (χ0n) is 10.6. The molecule has 1 aromatic carbocycles. The number of benzene rings is 1. The maximum Gasteiger partial charge on any atom is 0.303 e. The summed E-state index contributed by atoms with van der Waals surface area (Å²) >= 11 is 9.53. The van der Waals surface area contributed by atoms with E-state index >= 15 is 0 Å². The van der Waals surface area contributed by atoms with Crippen molar-refractivity contribution in [3.63, 3.8) is 0 Å². The van der Waals surface area contributed by atoms with Gasteiger partial charge in [0.1, 0.15) is 5.75 Å². The van der Waals surface area contributed by atoms with E-state index in [4.69, 9.17) is 33.0 Å². The largest absolute Gasteiger partial charge is 0.496 e. The number of rotatable bonds is 5. The van der Waals surface area contributed by atoms with Crippen molar-refractivity contribution >= 4 is 29.2 Å². The second-order valence-electron chi connectivity index (χ2n) is 3.59. The fourth-order valence-corrected chi connectivity index (χ4v) is 1.58. The van der Waals surface area contributed by atoms with Gasteiger partial charge in [-0.05, 0) is 37.0 Å². The summed E-state index contributed by atoms with van der Waals surface area (Å²) in [5.74, 6) is 0.123. The Morgan fingerprint density at radius 1 is 1.39 bits per heavy atom. The lowest BCUT2D eigenvalue weighted by Gasteiger charge is -2.09. The van der Waals surface area contributed by atoms with E-state index in [1.54, 1.807) is 7.11 Å². The van der Waals surface area contributed by atoms with Crippen molar-refractivity contribution in [3.05, 3.63) is 29.3 Å². The highest BCUT2D eigenvalue weighted by atomic mass is 35.5. The normalized spacial score (nSPS) is 9.33. The number of aryl methyl sites for hydroxylation is 1. The second kappa shape index (κ2) is 10.0. The van der Waals surface area contributed by atoms with E-state index < -0.39 is 5.97 Å². The predicted molar refractivity (Wildman–Crippen MR) is 74.9 cm³/mol. The summed E-state index contributed by atoms with van der Waals surface area (Å²) < 4.78 is 5.20. The third kappa shape index (κ3) is 6.72. The molecule has 0 aliphatic rings. The fourth-order valence-electron chi connectivity index (χ4n) is 1.58. The molecule has 0 bridgehead atoms. The summed E-state index contributed by atoms with van der Waals surface area (Å²) in [4.78, 5) is 10.4. The predicted octanol–water partition coefficient (Wildman–Crippen LogP) is 3.83. The molecule has 0 aliphatic carbocycles. The summed E-state index contributed by atoms with van der Waals surface area (Å²) in [5, 5.41) is 8.73. The number of methoxy groups -OCH3 is 1. The van der Waals surface area contributed by atoms with Gasteiger partial charge in [0, 0.05) is 6.42 Å². The summed E-state index contributed by atoms with van der Waals surface area (Å²) in [6.45, 7) is 1.99. The van der Waals surface area contributed by atoms with Gasteiger partial charge in [-0.3, -0.25) is 4.79 Å². The van der Waals surface area contributed by atoms with E-state index in [2.05, 4.69) is 0 Å². The Morgan fingerprint density at radius 2 is 2.00 bits per heavy atom. The van der Waals surface area contributed by atoms with Crippen LogP contribution < -0.4 is 4.74 Å². The first-order chi connectivity index (χ1) is 8.56. The minimum Gasteiger partial charge on any atom is -0.496 e. The van der Waals surface area contributed by atoms with Crippen molar-refractivity contribution in [3.8, 4) is 5.75 Å². The van der Waals surface area contributed by atoms with Crippen LogP contribution in [-0.2, 0) is 11.2 Å². The number of hydrogen-bond donors (Lipinski definition) is 1. The molecule has 3 nitrogen and oxygen atoms in total. The van der Waals surface area contributed by atoms with Gasteiger partial charge in [-0.25, -0.2) is 0 Å². The molecule has 1 N–H and O–H groups in total. The van der Waals surface area contributed by atoms with Crippen LogP contribution in [0.5, 0.6) is 5.75 Å². The van der Waals surface area contributed by atoms with Crippen molar-refractivity contribution in [1.29, 1.82) is 0 Å². The van der Waals surface area contributed by atoms with E-state index in [1.807, 2.05) is 25.1 Å². The molecule has 0 aromatic heterocycles. The molecule has 0 unspecified atom stereocenters. The molecule has 0 heterocycles. The molecule has 0 atom stereocenters. The minimum atomic E-state index is -0.740. The Labute approximate surface area is 118 Å².